The number of hydrogen-bond donors (Lipinski definition) is 2. The molecule has 3 aromatic carbocycles. The number of carbonyl (C=O) groups is 1. The summed E-state index contributed by atoms with van der Waals surface area (Å²) in [6.07, 6.45) is 0. The van der Waals surface area contributed by atoms with Crippen molar-refractivity contribution in [2.75, 3.05) is 13.2 Å². The van der Waals surface area contributed by atoms with E-state index in [1.165, 1.54) is 0 Å². The molecule has 35 heavy (non-hydrogen) atoms. The van der Waals surface area contributed by atoms with Crippen molar-refractivity contribution in [3.8, 4) is 27.7 Å². The van der Waals surface area contributed by atoms with E-state index in [2.05, 4.69) is 0 Å². The maximum atomic E-state index is 11.7. The summed E-state index contributed by atoms with van der Waals surface area (Å²) in [7, 11) is 0. The SMILES string of the molecule is O=C(O)c1sc(-c2ccc(OCc3ccccc3)c(OCc3ccccc3)c2)c(Cl)c1OCCO. The lowest BCUT2D eigenvalue weighted by molar-refractivity contribution is 0.0696. The lowest BCUT2D eigenvalue weighted by Crippen LogP contribution is -2.04. The Hall–Kier alpha value is -3.52. The summed E-state index contributed by atoms with van der Waals surface area (Å²) >= 11 is 7.52. The molecule has 1 heterocycles. The number of aliphatic hydroxyl groups is 1. The molecule has 180 valence electrons. The number of hydrogen-bond acceptors (Lipinski definition) is 6. The van der Waals surface area contributed by atoms with Crippen molar-refractivity contribution in [1.82, 2.24) is 0 Å². The standard InChI is InChI=1S/C27H23ClO6S/c28-23-24(32-14-13-29)26(27(30)31)35-25(23)20-11-12-21(33-16-18-7-3-1-4-8-18)22(15-20)34-17-19-9-5-2-6-10-19/h1-12,15,29H,13-14,16-17H2,(H,30,31). The van der Waals surface area contributed by atoms with Gasteiger partial charge in [-0.1, -0.05) is 72.3 Å². The Morgan fingerprint density at radius 2 is 1.43 bits per heavy atom. The predicted molar refractivity (Wildman–Crippen MR) is 136 cm³/mol. The van der Waals surface area contributed by atoms with Crippen LogP contribution in [0.3, 0.4) is 0 Å². The van der Waals surface area contributed by atoms with Gasteiger partial charge in [0.15, 0.2) is 22.1 Å². The molecule has 0 spiro atoms. The Labute approximate surface area is 211 Å². The summed E-state index contributed by atoms with van der Waals surface area (Å²) in [6.45, 7) is 0.374. The van der Waals surface area contributed by atoms with Crippen molar-refractivity contribution in [1.29, 1.82) is 0 Å². The third-order valence-electron chi connectivity index (χ3n) is 5.02. The van der Waals surface area contributed by atoms with Gasteiger partial charge >= 0.3 is 5.97 Å². The molecule has 1 aromatic heterocycles. The van der Waals surface area contributed by atoms with Crippen LogP contribution in [-0.2, 0) is 13.2 Å². The Kier molecular flexibility index (Phi) is 8.26. The molecule has 0 amide bonds. The summed E-state index contributed by atoms with van der Waals surface area (Å²) < 4.78 is 17.6. The molecule has 0 bridgehead atoms. The number of aromatic carboxylic acids is 1. The Balaban J connectivity index is 1.67. The largest absolute Gasteiger partial charge is 0.488 e. The minimum absolute atomic E-state index is 0.0328. The van der Waals surface area contributed by atoms with Crippen molar-refractivity contribution in [2.24, 2.45) is 0 Å². The first kappa shape index (κ1) is 24.6. The summed E-state index contributed by atoms with van der Waals surface area (Å²) in [5, 5.41) is 18.9. The van der Waals surface area contributed by atoms with E-state index in [-0.39, 0.29) is 28.9 Å². The fraction of sp³-hybridized carbons (Fsp3) is 0.148. The molecule has 8 heteroatoms. The highest BCUT2D eigenvalue weighted by molar-refractivity contribution is 7.18. The van der Waals surface area contributed by atoms with E-state index in [9.17, 15) is 9.90 Å². The summed E-state index contributed by atoms with van der Waals surface area (Å²) in [5.41, 5.74) is 2.68. The molecule has 4 aromatic rings. The Bertz CT molecular complexity index is 1270. The molecule has 0 saturated heterocycles. The van der Waals surface area contributed by atoms with Crippen molar-refractivity contribution in [3.05, 3.63) is 99.9 Å². The molecule has 0 unspecified atom stereocenters. The molecule has 0 saturated carbocycles. The summed E-state index contributed by atoms with van der Waals surface area (Å²) in [4.78, 5) is 12.2. The molecule has 2 N–H and O–H groups in total. The quantitative estimate of drug-likeness (QED) is 0.246. The molecule has 0 atom stereocenters. The average Bonchev–Trinajstić information content (AvgIpc) is 3.22. The van der Waals surface area contributed by atoms with Gasteiger partial charge in [0.25, 0.3) is 0 Å². The fourth-order valence-corrected chi connectivity index (χ4v) is 4.75. The first-order valence-electron chi connectivity index (χ1n) is 10.8. The van der Waals surface area contributed by atoms with E-state index in [0.717, 1.165) is 22.5 Å². The molecule has 0 aliphatic carbocycles. The highest BCUT2D eigenvalue weighted by Gasteiger charge is 2.24. The van der Waals surface area contributed by atoms with E-state index in [4.69, 9.17) is 30.9 Å². The number of thiophene rings is 1. The van der Waals surface area contributed by atoms with Gasteiger partial charge in [-0.3, -0.25) is 0 Å². The molecule has 6 nitrogen and oxygen atoms in total. The Morgan fingerprint density at radius 3 is 2.00 bits per heavy atom. The fourth-order valence-electron chi connectivity index (χ4n) is 3.35. The van der Waals surface area contributed by atoms with Crippen LogP contribution in [0.1, 0.15) is 20.8 Å². The van der Waals surface area contributed by atoms with Gasteiger partial charge in [-0.25, -0.2) is 4.79 Å². The number of rotatable bonds is 11. The summed E-state index contributed by atoms with van der Waals surface area (Å²) in [6, 6.07) is 24.9. The highest BCUT2D eigenvalue weighted by atomic mass is 35.5. The number of carboxylic acid groups (broad SMARTS) is 1. The van der Waals surface area contributed by atoms with Crippen LogP contribution in [0.15, 0.2) is 78.9 Å². The molecular weight excluding hydrogens is 488 g/mol. The lowest BCUT2D eigenvalue weighted by atomic mass is 10.1. The van der Waals surface area contributed by atoms with Crippen LogP contribution in [0.2, 0.25) is 5.02 Å². The minimum Gasteiger partial charge on any atom is -0.488 e. The van der Waals surface area contributed by atoms with Crippen LogP contribution in [0.5, 0.6) is 17.2 Å². The average molecular weight is 511 g/mol. The van der Waals surface area contributed by atoms with Gasteiger partial charge in [0.05, 0.1) is 11.5 Å². The monoisotopic (exact) mass is 510 g/mol. The molecule has 4 rings (SSSR count). The van der Waals surface area contributed by atoms with Crippen LogP contribution < -0.4 is 14.2 Å². The first-order chi connectivity index (χ1) is 17.1. The van der Waals surface area contributed by atoms with Crippen molar-refractivity contribution in [2.45, 2.75) is 13.2 Å². The summed E-state index contributed by atoms with van der Waals surface area (Å²) in [5.74, 6) is -0.0540. The molecule has 0 aliphatic heterocycles. The maximum Gasteiger partial charge on any atom is 0.349 e. The zero-order valence-electron chi connectivity index (χ0n) is 18.6. The van der Waals surface area contributed by atoms with Crippen molar-refractivity contribution < 1.29 is 29.2 Å². The van der Waals surface area contributed by atoms with Gasteiger partial charge < -0.3 is 24.4 Å². The second-order valence-corrected chi connectivity index (χ2v) is 8.89. The smallest absolute Gasteiger partial charge is 0.349 e. The van der Waals surface area contributed by atoms with Gasteiger partial charge in [-0.2, -0.15) is 0 Å². The van der Waals surface area contributed by atoms with Gasteiger partial charge in [-0.15, -0.1) is 11.3 Å². The number of ether oxygens (including phenoxy) is 3. The van der Waals surface area contributed by atoms with Crippen LogP contribution in [0.4, 0.5) is 0 Å². The van der Waals surface area contributed by atoms with Crippen LogP contribution in [0, 0.1) is 0 Å². The maximum absolute atomic E-state index is 11.7. The third kappa shape index (κ3) is 6.14. The first-order valence-corrected chi connectivity index (χ1v) is 12.0. The number of benzene rings is 3. The second kappa shape index (κ2) is 11.8. The Morgan fingerprint density at radius 1 is 0.829 bits per heavy atom. The topological polar surface area (TPSA) is 85.2 Å². The molecule has 0 fully saturated rings. The van der Waals surface area contributed by atoms with Crippen molar-refractivity contribution in [3.63, 3.8) is 0 Å². The zero-order chi connectivity index (χ0) is 24.6. The van der Waals surface area contributed by atoms with E-state index < -0.39 is 5.97 Å². The third-order valence-corrected chi connectivity index (χ3v) is 6.70. The zero-order valence-corrected chi connectivity index (χ0v) is 20.2. The van der Waals surface area contributed by atoms with Gasteiger partial charge in [0.1, 0.15) is 24.8 Å². The number of aliphatic hydroxyl groups excluding tert-OH is 1. The normalized spacial score (nSPS) is 10.7. The van der Waals surface area contributed by atoms with E-state index in [1.54, 1.807) is 18.2 Å². The molecular formula is C27H23ClO6S. The van der Waals surface area contributed by atoms with E-state index in [1.807, 2.05) is 60.7 Å². The van der Waals surface area contributed by atoms with Crippen LogP contribution in [0.25, 0.3) is 10.4 Å². The van der Waals surface area contributed by atoms with Gasteiger partial charge in [0.2, 0.25) is 0 Å². The predicted octanol–water partition coefficient (Wildman–Crippen LogP) is 6.30. The minimum atomic E-state index is -1.15. The second-order valence-electron chi connectivity index (χ2n) is 7.49. The van der Waals surface area contributed by atoms with Gasteiger partial charge in [0, 0.05) is 0 Å². The highest BCUT2D eigenvalue weighted by Crippen LogP contribution is 2.47. The van der Waals surface area contributed by atoms with E-state index >= 15 is 0 Å². The number of halogens is 1. The molecule has 0 radical (unpaired) electrons. The molecule has 0 aliphatic rings. The lowest BCUT2D eigenvalue weighted by Gasteiger charge is -2.14. The van der Waals surface area contributed by atoms with Crippen LogP contribution in [-0.4, -0.2) is 29.4 Å². The van der Waals surface area contributed by atoms with Crippen LogP contribution >= 0.6 is 22.9 Å². The van der Waals surface area contributed by atoms with Crippen molar-refractivity contribution >= 4 is 28.9 Å². The van der Waals surface area contributed by atoms with E-state index in [0.29, 0.717) is 35.2 Å². The van der Waals surface area contributed by atoms with Gasteiger partial charge in [-0.05, 0) is 34.9 Å². The number of carboxylic acids is 1.